The maximum absolute atomic E-state index is 16.2. The number of aryl methyl sites for hydroxylation is 2. The second kappa shape index (κ2) is 15.2. The molecule has 0 N–H and O–H groups in total. The zero-order valence-corrected chi connectivity index (χ0v) is 34.1. The number of aromatic nitrogens is 1. The van der Waals surface area contributed by atoms with Crippen LogP contribution in [0.25, 0.3) is 56.4 Å². The minimum atomic E-state index is -5.66. The highest BCUT2D eigenvalue weighted by Crippen LogP contribution is 2.66. The van der Waals surface area contributed by atoms with Crippen LogP contribution >= 0.6 is 11.3 Å². The van der Waals surface area contributed by atoms with E-state index >= 15 is 26.3 Å². The lowest BCUT2D eigenvalue weighted by Gasteiger charge is -2.26. The van der Waals surface area contributed by atoms with Crippen LogP contribution < -0.4 is 4.90 Å². The molecule has 304 valence electrons. The Labute approximate surface area is 353 Å². The van der Waals surface area contributed by atoms with E-state index in [0.717, 1.165) is 45.1 Å². The summed E-state index contributed by atoms with van der Waals surface area (Å²) in [4.78, 5) is 2.46. The van der Waals surface area contributed by atoms with Crippen LogP contribution in [-0.2, 0) is 7.05 Å². The lowest BCUT2D eigenvalue weighted by molar-refractivity contribution is -0.254. The summed E-state index contributed by atoms with van der Waals surface area (Å²) in [6.45, 7) is 3.00. The molecule has 0 aliphatic heterocycles. The van der Waals surface area contributed by atoms with Crippen molar-refractivity contribution in [3.05, 3.63) is 196 Å². The Balaban J connectivity index is 1.00. The van der Waals surface area contributed by atoms with Crippen LogP contribution in [0.1, 0.15) is 44.0 Å². The van der Waals surface area contributed by atoms with Crippen molar-refractivity contribution in [3.8, 4) is 0 Å². The zero-order valence-electron chi connectivity index (χ0n) is 33.3. The summed E-state index contributed by atoms with van der Waals surface area (Å²) in [5.41, 5.74) is 4.01. The van der Waals surface area contributed by atoms with Gasteiger partial charge in [-0.05, 0) is 90.7 Å². The highest BCUT2D eigenvalue weighted by Gasteiger charge is 2.80. The smallest absolute Gasteiger partial charge is 0.347 e. The van der Waals surface area contributed by atoms with Crippen molar-refractivity contribution >= 4 is 84.8 Å². The Morgan fingerprint density at radius 3 is 1.49 bits per heavy atom. The van der Waals surface area contributed by atoms with Gasteiger partial charge in [0.2, 0.25) is 0 Å². The molecule has 2 nitrogen and oxygen atoms in total. The van der Waals surface area contributed by atoms with Crippen molar-refractivity contribution in [2.75, 3.05) is 4.90 Å². The lowest BCUT2D eigenvalue weighted by Crippen LogP contribution is -2.49. The van der Waals surface area contributed by atoms with Gasteiger partial charge in [-0.3, -0.25) is 0 Å². The highest BCUT2D eigenvalue weighted by molar-refractivity contribution is 7.19. The number of hydrogen-bond donors (Lipinski definition) is 0. The van der Waals surface area contributed by atoms with Crippen molar-refractivity contribution in [2.24, 2.45) is 7.05 Å². The third kappa shape index (κ3) is 6.68. The predicted molar refractivity (Wildman–Crippen MR) is 241 cm³/mol. The van der Waals surface area contributed by atoms with Crippen molar-refractivity contribution in [3.63, 3.8) is 0 Å². The van der Waals surface area contributed by atoms with E-state index in [0.29, 0.717) is 15.8 Å². The van der Waals surface area contributed by atoms with E-state index in [4.69, 9.17) is 0 Å². The molecule has 0 bridgehead atoms. The molecule has 0 saturated heterocycles. The fourth-order valence-corrected chi connectivity index (χ4v) is 9.39. The predicted octanol–water partition coefficient (Wildman–Crippen LogP) is 15.7. The molecule has 9 rings (SSSR count). The number of benzene rings is 6. The number of thiophene rings is 1. The number of halogens is 6. The lowest BCUT2D eigenvalue weighted by atomic mass is 9.91. The maximum Gasteiger partial charge on any atom is 0.380 e. The van der Waals surface area contributed by atoms with Crippen LogP contribution in [0.3, 0.4) is 0 Å². The topological polar surface area (TPSA) is 8.17 Å². The Morgan fingerprint density at radius 2 is 0.934 bits per heavy atom. The van der Waals surface area contributed by atoms with Gasteiger partial charge in [0.25, 0.3) is 0 Å². The number of anilines is 3. The second-order valence-corrected chi connectivity index (χ2v) is 16.5. The van der Waals surface area contributed by atoms with E-state index in [9.17, 15) is 0 Å². The van der Waals surface area contributed by atoms with E-state index in [2.05, 4.69) is 53.4 Å². The van der Waals surface area contributed by atoms with Gasteiger partial charge >= 0.3 is 17.8 Å². The molecule has 8 aromatic rings. The van der Waals surface area contributed by atoms with Gasteiger partial charge in [-0.2, -0.15) is 26.3 Å². The van der Waals surface area contributed by atoms with Gasteiger partial charge in [0.15, 0.2) is 0 Å². The number of para-hydroxylation sites is 2. The van der Waals surface area contributed by atoms with Crippen LogP contribution in [0.2, 0.25) is 0 Å². The molecule has 0 atom stereocenters. The minimum absolute atomic E-state index is 0.176. The largest absolute Gasteiger partial charge is 0.380 e. The van der Waals surface area contributed by atoms with Crippen LogP contribution in [-0.4, -0.2) is 22.3 Å². The number of hydrogen-bond acceptors (Lipinski definition) is 2. The Hall–Kier alpha value is -6.58. The molecule has 0 unspecified atom stereocenters. The van der Waals surface area contributed by atoms with Gasteiger partial charge in [0, 0.05) is 77.9 Å². The SMILES string of the molecule is Cc1sc2ccccc2c1C1=C(c2c(C)n(C)c3ccc(/C=C/c4ccc(/C=C/c5ccc(N(c6ccccc6)c6ccccc6)cc5)cc4)cc23)C(F)(F)C(F)(F)C1(F)F. The van der Waals surface area contributed by atoms with Gasteiger partial charge in [0.05, 0.1) is 0 Å². The molecule has 0 saturated carbocycles. The third-order valence-corrected chi connectivity index (χ3v) is 12.6. The first-order chi connectivity index (χ1) is 29.3. The molecule has 0 spiro atoms. The van der Waals surface area contributed by atoms with E-state index in [1.165, 1.54) is 19.9 Å². The van der Waals surface area contributed by atoms with Crippen LogP contribution in [0.5, 0.6) is 0 Å². The first-order valence-electron chi connectivity index (χ1n) is 19.7. The molecule has 0 amide bonds. The molecule has 1 aliphatic rings. The first kappa shape index (κ1) is 39.9. The quantitative estimate of drug-likeness (QED) is 0.104. The number of nitrogens with zero attached hydrogens (tertiary/aromatic N) is 2. The Bertz CT molecular complexity index is 2970. The number of rotatable bonds is 9. The normalized spacial score (nSPS) is 15.8. The average molecular weight is 837 g/mol. The van der Waals surface area contributed by atoms with Crippen LogP contribution in [0.4, 0.5) is 43.4 Å². The van der Waals surface area contributed by atoms with E-state index in [1.807, 2.05) is 78.9 Å². The van der Waals surface area contributed by atoms with Gasteiger partial charge < -0.3 is 9.47 Å². The fraction of sp³-hybridized carbons (Fsp3) is 0.115. The Kier molecular flexibility index (Phi) is 9.90. The third-order valence-electron chi connectivity index (χ3n) is 11.5. The van der Waals surface area contributed by atoms with Crippen molar-refractivity contribution in [2.45, 2.75) is 31.6 Å². The van der Waals surface area contributed by atoms with E-state index < -0.39 is 28.9 Å². The van der Waals surface area contributed by atoms with Gasteiger partial charge in [-0.25, -0.2) is 0 Å². The molecule has 0 radical (unpaired) electrons. The molecular weight excluding hydrogens is 799 g/mol. The van der Waals surface area contributed by atoms with Gasteiger partial charge in [-0.15, -0.1) is 11.3 Å². The van der Waals surface area contributed by atoms with E-state index in [1.54, 1.807) is 54.1 Å². The summed E-state index contributed by atoms with van der Waals surface area (Å²) in [7, 11) is 1.61. The molecule has 6 aromatic carbocycles. The summed E-state index contributed by atoms with van der Waals surface area (Å²) in [6.07, 6.45) is 7.71. The Morgan fingerprint density at radius 1 is 0.492 bits per heavy atom. The van der Waals surface area contributed by atoms with Crippen molar-refractivity contribution in [1.82, 2.24) is 4.57 Å². The fourth-order valence-electron chi connectivity index (χ4n) is 8.32. The molecule has 0 fully saturated rings. The molecule has 9 heteroatoms. The minimum Gasteiger partial charge on any atom is -0.347 e. The average Bonchev–Trinajstić information content (AvgIpc) is 3.75. The molecule has 2 heterocycles. The van der Waals surface area contributed by atoms with Crippen molar-refractivity contribution in [1.29, 1.82) is 0 Å². The first-order valence-corrected chi connectivity index (χ1v) is 20.5. The maximum atomic E-state index is 16.2. The van der Waals surface area contributed by atoms with Gasteiger partial charge in [0.1, 0.15) is 0 Å². The summed E-state index contributed by atoms with van der Waals surface area (Å²) in [5.74, 6) is -16.0. The highest BCUT2D eigenvalue weighted by atomic mass is 32.1. The zero-order chi connectivity index (χ0) is 42.7. The summed E-state index contributed by atoms with van der Waals surface area (Å²) < 4.78 is 97.5. The molecular formula is C52H38F6N2S. The number of alkyl halides is 6. The summed E-state index contributed by atoms with van der Waals surface area (Å²) >= 11 is 1.11. The number of allylic oxidation sites excluding steroid dienone is 2. The van der Waals surface area contributed by atoms with Crippen molar-refractivity contribution < 1.29 is 26.3 Å². The summed E-state index contributed by atoms with van der Waals surface area (Å²) in [6, 6.07) is 48.1. The monoisotopic (exact) mass is 836 g/mol. The van der Waals surface area contributed by atoms with Gasteiger partial charge in [-0.1, -0.05) is 121 Å². The molecule has 61 heavy (non-hydrogen) atoms. The van der Waals surface area contributed by atoms with E-state index in [-0.39, 0.29) is 32.5 Å². The summed E-state index contributed by atoms with van der Waals surface area (Å²) in [5, 5.41) is 0.416. The molecule has 1 aliphatic carbocycles. The number of fused-ring (bicyclic) bond motifs is 2. The second-order valence-electron chi connectivity index (χ2n) is 15.2. The van der Waals surface area contributed by atoms with Crippen LogP contribution in [0, 0.1) is 13.8 Å². The standard InChI is InChI=1S/C52H38F6N2S/c1-33-46(48-49(51(55,56)52(57,58)50(48,53)54)47-34(2)61-45-17-11-10-16-42(45)47)43-32-38(28-31-44(43)59(33)3)25-24-36-20-18-35(19-21-36)22-23-37-26-29-41(30-27-37)60(39-12-6-4-7-13-39)40-14-8-5-9-15-40/h4-32H,1-3H3/b23-22+,25-24+. The molecule has 2 aromatic heterocycles. The van der Waals surface area contributed by atoms with Crippen LogP contribution in [0.15, 0.2) is 152 Å².